The van der Waals surface area contributed by atoms with Gasteiger partial charge in [0.25, 0.3) is 0 Å². The van der Waals surface area contributed by atoms with E-state index in [-0.39, 0.29) is 5.38 Å². The molecule has 3 aromatic rings. The summed E-state index contributed by atoms with van der Waals surface area (Å²) in [5.74, 6) is 0.817. The van der Waals surface area contributed by atoms with Crippen LogP contribution in [0, 0.1) is 0 Å². The van der Waals surface area contributed by atoms with Gasteiger partial charge in [0.15, 0.2) is 0 Å². The zero-order valence-electron chi connectivity index (χ0n) is 10.2. The lowest BCUT2D eigenvalue weighted by molar-refractivity contribution is 0.731. The van der Waals surface area contributed by atoms with Crippen LogP contribution in [0.3, 0.4) is 0 Å². The molecular formula is C13H11Cl2N3S. The molecule has 19 heavy (non-hydrogen) atoms. The number of benzene rings is 1. The van der Waals surface area contributed by atoms with Gasteiger partial charge in [-0.2, -0.15) is 0 Å². The summed E-state index contributed by atoms with van der Waals surface area (Å²) in [6, 6.07) is 5.77. The van der Waals surface area contributed by atoms with Crippen LogP contribution in [0.4, 0.5) is 0 Å². The van der Waals surface area contributed by atoms with Crippen LogP contribution in [0.15, 0.2) is 29.1 Å². The second-order valence-corrected chi connectivity index (χ2v) is 6.04. The molecule has 0 bridgehead atoms. The highest BCUT2D eigenvalue weighted by molar-refractivity contribution is 7.07. The summed E-state index contributed by atoms with van der Waals surface area (Å²) in [7, 11) is 0. The topological polar surface area (TPSA) is 30.7 Å². The highest BCUT2D eigenvalue weighted by atomic mass is 35.5. The van der Waals surface area contributed by atoms with Crippen LogP contribution >= 0.6 is 34.5 Å². The van der Waals surface area contributed by atoms with E-state index in [1.54, 1.807) is 11.3 Å². The summed E-state index contributed by atoms with van der Waals surface area (Å²) in [5.41, 5.74) is 4.61. The Bertz CT molecular complexity index is 704. The van der Waals surface area contributed by atoms with Crippen LogP contribution in [0.5, 0.6) is 0 Å². The molecule has 2 heterocycles. The molecule has 1 unspecified atom stereocenters. The molecule has 1 aromatic carbocycles. The number of hydrogen-bond donors (Lipinski definition) is 0. The third-order valence-electron chi connectivity index (χ3n) is 2.92. The van der Waals surface area contributed by atoms with Crippen molar-refractivity contribution in [1.82, 2.24) is 14.5 Å². The van der Waals surface area contributed by atoms with Crippen LogP contribution in [0.2, 0.25) is 5.02 Å². The van der Waals surface area contributed by atoms with Crippen molar-refractivity contribution >= 4 is 45.6 Å². The minimum atomic E-state index is -0.179. The summed E-state index contributed by atoms with van der Waals surface area (Å²) < 4.78 is 2.08. The van der Waals surface area contributed by atoms with Crippen molar-refractivity contribution in [2.75, 3.05) is 0 Å². The van der Waals surface area contributed by atoms with E-state index < -0.39 is 0 Å². The minimum absolute atomic E-state index is 0.179. The standard InChI is InChI=1S/C13H11Cl2N3S/c1-8(14)13-17-12-10(15)3-2-4-11(12)18(13)5-9-6-19-7-16-9/h2-4,6-8H,5H2,1H3. The molecule has 0 fully saturated rings. The average molecular weight is 312 g/mol. The summed E-state index contributed by atoms with van der Waals surface area (Å²) in [6.07, 6.45) is 0. The molecule has 1 atom stereocenters. The smallest absolute Gasteiger partial charge is 0.128 e. The van der Waals surface area contributed by atoms with Gasteiger partial charge in [0, 0.05) is 5.38 Å². The number of halogens is 2. The van der Waals surface area contributed by atoms with Gasteiger partial charge in [-0.1, -0.05) is 17.7 Å². The van der Waals surface area contributed by atoms with E-state index in [4.69, 9.17) is 23.2 Å². The first-order valence-electron chi connectivity index (χ1n) is 5.82. The quantitative estimate of drug-likeness (QED) is 0.667. The Morgan fingerprint density at radius 1 is 1.42 bits per heavy atom. The number of aromatic nitrogens is 3. The average Bonchev–Trinajstić information content (AvgIpc) is 2.99. The first kappa shape index (κ1) is 12.9. The van der Waals surface area contributed by atoms with Crippen molar-refractivity contribution in [3.8, 4) is 0 Å². The molecule has 0 radical (unpaired) electrons. The van der Waals surface area contributed by atoms with Gasteiger partial charge in [-0.05, 0) is 19.1 Å². The zero-order valence-corrected chi connectivity index (χ0v) is 12.5. The molecule has 0 aliphatic rings. The zero-order chi connectivity index (χ0) is 13.4. The first-order valence-corrected chi connectivity index (χ1v) is 7.58. The lowest BCUT2D eigenvalue weighted by Gasteiger charge is -2.08. The largest absolute Gasteiger partial charge is 0.321 e. The third-order valence-corrected chi connectivity index (χ3v) is 4.05. The second-order valence-electron chi connectivity index (χ2n) is 4.26. The van der Waals surface area contributed by atoms with Crippen molar-refractivity contribution in [2.45, 2.75) is 18.8 Å². The SMILES string of the molecule is CC(Cl)c1nc2c(Cl)cccc2n1Cc1cscn1. The maximum Gasteiger partial charge on any atom is 0.128 e. The first-order chi connectivity index (χ1) is 9.16. The van der Waals surface area contributed by atoms with E-state index in [0.717, 1.165) is 22.6 Å². The Morgan fingerprint density at radius 3 is 2.95 bits per heavy atom. The maximum absolute atomic E-state index is 6.23. The molecule has 6 heteroatoms. The lowest BCUT2D eigenvalue weighted by Crippen LogP contribution is -2.05. The molecule has 3 nitrogen and oxygen atoms in total. The van der Waals surface area contributed by atoms with Crippen molar-refractivity contribution in [3.63, 3.8) is 0 Å². The monoisotopic (exact) mass is 311 g/mol. The normalized spacial score (nSPS) is 13.0. The molecule has 0 aliphatic carbocycles. The minimum Gasteiger partial charge on any atom is -0.321 e. The van der Waals surface area contributed by atoms with Crippen LogP contribution < -0.4 is 0 Å². The van der Waals surface area contributed by atoms with Crippen LogP contribution in [0.25, 0.3) is 11.0 Å². The number of imidazole rings is 1. The number of rotatable bonds is 3. The van der Waals surface area contributed by atoms with Gasteiger partial charge in [-0.15, -0.1) is 22.9 Å². The molecule has 2 aromatic heterocycles. The summed E-state index contributed by atoms with van der Waals surface area (Å²) in [4.78, 5) is 8.88. The Kier molecular flexibility index (Phi) is 3.48. The second kappa shape index (κ2) is 5.12. The van der Waals surface area contributed by atoms with Crippen LogP contribution in [-0.4, -0.2) is 14.5 Å². The molecule has 0 spiro atoms. The fourth-order valence-electron chi connectivity index (χ4n) is 2.08. The van der Waals surface area contributed by atoms with E-state index in [0.29, 0.717) is 11.6 Å². The molecular weight excluding hydrogens is 301 g/mol. The number of para-hydroxylation sites is 1. The number of hydrogen-bond acceptors (Lipinski definition) is 3. The Labute approximate surface area is 124 Å². The van der Waals surface area contributed by atoms with E-state index in [1.165, 1.54) is 0 Å². The molecule has 0 saturated heterocycles. The highest BCUT2D eigenvalue weighted by Gasteiger charge is 2.17. The van der Waals surface area contributed by atoms with Gasteiger partial charge >= 0.3 is 0 Å². The van der Waals surface area contributed by atoms with E-state index in [9.17, 15) is 0 Å². The maximum atomic E-state index is 6.23. The molecule has 98 valence electrons. The molecule has 0 saturated carbocycles. The highest BCUT2D eigenvalue weighted by Crippen LogP contribution is 2.29. The number of alkyl halides is 1. The lowest BCUT2D eigenvalue weighted by atomic mass is 10.3. The number of nitrogens with zero attached hydrogens (tertiary/aromatic N) is 3. The summed E-state index contributed by atoms with van der Waals surface area (Å²) >= 11 is 14.0. The van der Waals surface area contributed by atoms with Gasteiger partial charge in [-0.25, -0.2) is 9.97 Å². The van der Waals surface area contributed by atoms with Gasteiger partial charge in [0.05, 0.1) is 33.7 Å². The fourth-order valence-corrected chi connectivity index (χ4v) is 3.01. The molecule has 3 rings (SSSR count). The van der Waals surface area contributed by atoms with Gasteiger partial charge in [0.2, 0.25) is 0 Å². The van der Waals surface area contributed by atoms with Crippen molar-refractivity contribution in [2.24, 2.45) is 0 Å². The van der Waals surface area contributed by atoms with Crippen molar-refractivity contribution < 1.29 is 0 Å². The molecule has 0 N–H and O–H groups in total. The van der Waals surface area contributed by atoms with E-state index in [2.05, 4.69) is 14.5 Å². The summed E-state index contributed by atoms with van der Waals surface area (Å²) in [6.45, 7) is 2.57. The number of thiazole rings is 1. The third kappa shape index (κ3) is 2.36. The van der Waals surface area contributed by atoms with Crippen LogP contribution in [0.1, 0.15) is 23.8 Å². The predicted molar refractivity (Wildman–Crippen MR) is 80.2 cm³/mol. The van der Waals surface area contributed by atoms with E-state index in [1.807, 2.05) is 36.0 Å². The van der Waals surface area contributed by atoms with Crippen molar-refractivity contribution in [3.05, 3.63) is 45.6 Å². The number of fused-ring (bicyclic) bond motifs is 1. The molecule has 0 aliphatic heterocycles. The Balaban J connectivity index is 2.19. The van der Waals surface area contributed by atoms with E-state index >= 15 is 0 Å². The van der Waals surface area contributed by atoms with Crippen LogP contribution in [-0.2, 0) is 6.54 Å². The van der Waals surface area contributed by atoms with Gasteiger partial charge in [-0.3, -0.25) is 0 Å². The molecule has 0 amide bonds. The van der Waals surface area contributed by atoms with Crippen molar-refractivity contribution in [1.29, 1.82) is 0 Å². The predicted octanol–water partition coefficient (Wildman–Crippen LogP) is 4.49. The Morgan fingerprint density at radius 2 is 2.26 bits per heavy atom. The summed E-state index contributed by atoms with van der Waals surface area (Å²) in [5, 5.41) is 2.49. The van der Waals surface area contributed by atoms with Gasteiger partial charge < -0.3 is 4.57 Å². The Hall–Kier alpha value is -1.10. The fraction of sp³-hybridized carbons (Fsp3) is 0.231. The van der Waals surface area contributed by atoms with Gasteiger partial charge in [0.1, 0.15) is 11.3 Å².